The minimum absolute atomic E-state index is 0.130. The highest BCUT2D eigenvalue weighted by Crippen LogP contribution is 2.47. The Morgan fingerprint density at radius 2 is 1.47 bits per heavy atom. The molecule has 150 valence electrons. The minimum Gasteiger partial charge on any atom is -0.508 e. The van der Waals surface area contributed by atoms with Crippen molar-refractivity contribution in [2.45, 2.75) is 12.1 Å². The number of imide groups is 1. The average Bonchev–Trinajstić information content (AvgIpc) is 3.27. The van der Waals surface area contributed by atoms with Gasteiger partial charge in [0.05, 0.1) is 17.4 Å². The number of nitrogens with zero attached hydrogens (tertiary/aromatic N) is 2. The highest BCUT2D eigenvalue weighted by molar-refractivity contribution is 9.10. The van der Waals surface area contributed by atoms with Crippen LogP contribution in [-0.4, -0.2) is 23.0 Å². The largest absolute Gasteiger partial charge is 0.508 e. The molecule has 0 saturated carbocycles. The van der Waals surface area contributed by atoms with Crippen molar-refractivity contribution < 1.29 is 19.5 Å². The number of phenols is 1. The molecule has 2 saturated heterocycles. The van der Waals surface area contributed by atoms with Crippen LogP contribution in [0.15, 0.2) is 83.3 Å². The van der Waals surface area contributed by atoms with E-state index in [2.05, 4.69) is 15.9 Å². The van der Waals surface area contributed by atoms with Crippen LogP contribution in [0.4, 0.5) is 11.4 Å². The first-order chi connectivity index (χ1) is 14.5. The number of aromatic hydroxyl groups is 1. The van der Waals surface area contributed by atoms with Crippen LogP contribution in [0.2, 0.25) is 0 Å². The summed E-state index contributed by atoms with van der Waals surface area (Å²) in [5.41, 5.74) is 2.05. The maximum Gasteiger partial charge on any atom is 0.266 e. The van der Waals surface area contributed by atoms with Gasteiger partial charge in [0.25, 0.3) is 5.91 Å². The van der Waals surface area contributed by atoms with Gasteiger partial charge >= 0.3 is 0 Å². The van der Waals surface area contributed by atoms with E-state index < -0.39 is 18.1 Å². The monoisotopic (exact) mass is 464 g/mol. The number of fused-ring (bicyclic) bond motifs is 1. The highest BCUT2D eigenvalue weighted by atomic mass is 79.9. The first kappa shape index (κ1) is 18.8. The molecule has 6 nitrogen and oxygen atoms in total. The topological polar surface area (TPSA) is 70.1 Å². The zero-order valence-electron chi connectivity index (χ0n) is 15.7. The molecule has 7 heteroatoms. The third-order valence-electron chi connectivity index (χ3n) is 5.45. The molecule has 2 aliphatic rings. The molecule has 2 amide bonds. The molecule has 3 aromatic carbocycles. The number of phenolic OH excluding ortho intramolecular Hbond substituents is 1. The number of benzene rings is 3. The lowest BCUT2D eigenvalue weighted by Gasteiger charge is -2.28. The van der Waals surface area contributed by atoms with Gasteiger partial charge in [-0.1, -0.05) is 46.3 Å². The fraction of sp³-hybridized carbons (Fsp3) is 0.130. The Balaban J connectivity index is 1.58. The van der Waals surface area contributed by atoms with E-state index in [0.717, 1.165) is 15.7 Å². The van der Waals surface area contributed by atoms with E-state index in [1.54, 1.807) is 53.6 Å². The van der Waals surface area contributed by atoms with Crippen molar-refractivity contribution in [2.24, 2.45) is 5.92 Å². The Bertz CT molecular complexity index is 1100. The molecular formula is C23H17BrN2O4. The number of hydrogen-bond donors (Lipinski definition) is 1. The molecule has 0 radical (unpaired) electrons. The van der Waals surface area contributed by atoms with E-state index in [9.17, 15) is 14.7 Å². The van der Waals surface area contributed by atoms with Crippen LogP contribution in [0.3, 0.4) is 0 Å². The molecule has 3 atom stereocenters. The first-order valence-corrected chi connectivity index (χ1v) is 10.3. The summed E-state index contributed by atoms with van der Waals surface area (Å²) in [6.07, 6.45) is -0.917. The third-order valence-corrected chi connectivity index (χ3v) is 5.97. The molecule has 0 aliphatic carbocycles. The van der Waals surface area contributed by atoms with Gasteiger partial charge in [0, 0.05) is 4.47 Å². The number of carbonyl (C=O) groups excluding carboxylic acids is 2. The summed E-state index contributed by atoms with van der Waals surface area (Å²) in [7, 11) is 0. The molecule has 2 fully saturated rings. The van der Waals surface area contributed by atoms with Gasteiger partial charge in [0.1, 0.15) is 11.7 Å². The second-order valence-corrected chi connectivity index (χ2v) is 8.15. The van der Waals surface area contributed by atoms with E-state index in [-0.39, 0.29) is 17.6 Å². The van der Waals surface area contributed by atoms with Crippen molar-refractivity contribution in [2.75, 3.05) is 9.96 Å². The van der Waals surface area contributed by atoms with Crippen LogP contribution < -0.4 is 9.96 Å². The zero-order chi connectivity index (χ0) is 20.8. The Morgan fingerprint density at radius 1 is 0.800 bits per heavy atom. The zero-order valence-corrected chi connectivity index (χ0v) is 17.3. The van der Waals surface area contributed by atoms with E-state index in [0.29, 0.717) is 5.69 Å². The van der Waals surface area contributed by atoms with Gasteiger partial charge in [-0.2, -0.15) is 0 Å². The normalized spacial score (nSPS) is 23.2. The van der Waals surface area contributed by atoms with E-state index in [4.69, 9.17) is 4.84 Å². The molecule has 0 unspecified atom stereocenters. The molecule has 0 spiro atoms. The predicted molar refractivity (Wildman–Crippen MR) is 115 cm³/mol. The molecule has 1 N–H and O–H groups in total. The summed E-state index contributed by atoms with van der Waals surface area (Å²) in [6.45, 7) is 0. The molecule has 2 aliphatic heterocycles. The van der Waals surface area contributed by atoms with Gasteiger partial charge < -0.3 is 5.11 Å². The van der Waals surface area contributed by atoms with Crippen molar-refractivity contribution in [1.29, 1.82) is 0 Å². The summed E-state index contributed by atoms with van der Waals surface area (Å²) < 4.78 is 0.860. The number of hydroxylamine groups is 1. The summed E-state index contributed by atoms with van der Waals surface area (Å²) in [5, 5.41) is 11.3. The highest BCUT2D eigenvalue weighted by Gasteiger charge is 2.60. The minimum atomic E-state index is -0.917. The quantitative estimate of drug-likeness (QED) is 0.588. The van der Waals surface area contributed by atoms with Crippen LogP contribution in [0.25, 0.3) is 0 Å². The van der Waals surface area contributed by atoms with Crippen molar-refractivity contribution in [1.82, 2.24) is 0 Å². The maximum absolute atomic E-state index is 13.4. The van der Waals surface area contributed by atoms with Crippen LogP contribution in [-0.2, 0) is 14.4 Å². The average molecular weight is 465 g/mol. The number of para-hydroxylation sites is 1. The molecule has 30 heavy (non-hydrogen) atoms. The first-order valence-electron chi connectivity index (χ1n) is 9.48. The summed E-state index contributed by atoms with van der Waals surface area (Å²) in [6, 6.07) is 22.6. The fourth-order valence-electron chi connectivity index (χ4n) is 4.07. The summed E-state index contributed by atoms with van der Waals surface area (Å²) in [5.74, 6) is -1.25. The number of halogens is 1. The van der Waals surface area contributed by atoms with Crippen LogP contribution in [0.5, 0.6) is 5.75 Å². The number of anilines is 2. The standard InChI is InChI=1S/C23H17BrN2O4/c24-15-8-10-16(11-9-15)25-22(28)19-20(14-6-12-18(27)13-7-14)26(30-21(19)23(25)29)17-4-2-1-3-5-17/h1-13,19-21,27H/t19-,20+,21+/m0/s1. The van der Waals surface area contributed by atoms with Crippen LogP contribution >= 0.6 is 15.9 Å². The molecule has 5 rings (SSSR count). The molecule has 2 heterocycles. The SMILES string of the molecule is O=C1[C@H]2[C@@H](c3ccc(O)cc3)N(c3ccccc3)O[C@H]2C(=O)N1c1ccc(Br)cc1. The lowest BCUT2D eigenvalue weighted by Crippen LogP contribution is -2.37. The van der Waals surface area contributed by atoms with Gasteiger partial charge in [-0.05, 0) is 54.1 Å². The molecule has 3 aromatic rings. The summed E-state index contributed by atoms with van der Waals surface area (Å²) >= 11 is 3.37. The Hall–Kier alpha value is -3.16. The van der Waals surface area contributed by atoms with Crippen molar-refractivity contribution >= 4 is 39.1 Å². The van der Waals surface area contributed by atoms with Crippen molar-refractivity contribution in [3.63, 3.8) is 0 Å². The fourth-order valence-corrected chi connectivity index (χ4v) is 4.33. The smallest absolute Gasteiger partial charge is 0.266 e. The summed E-state index contributed by atoms with van der Waals surface area (Å²) in [4.78, 5) is 33.9. The van der Waals surface area contributed by atoms with E-state index in [1.807, 2.05) is 30.3 Å². The van der Waals surface area contributed by atoms with Crippen molar-refractivity contribution in [3.8, 4) is 5.75 Å². The number of hydrogen-bond acceptors (Lipinski definition) is 5. The Morgan fingerprint density at radius 3 is 2.13 bits per heavy atom. The lowest BCUT2D eigenvalue weighted by atomic mass is 9.90. The second-order valence-electron chi connectivity index (χ2n) is 7.24. The van der Waals surface area contributed by atoms with Crippen molar-refractivity contribution in [3.05, 3.63) is 88.9 Å². The molecular weight excluding hydrogens is 448 g/mol. The molecule has 0 aromatic heterocycles. The van der Waals surface area contributed by atoms with E-state index >= 15 is 0 Å². The Kier molecular flexibility index (Phi) is 4.56. The van der Waals surface area contributed by atoms with Gasteiger partial charge in [-0.3, -0.25) is 14.4 Å². The Labute approximate surface area is 181 Å². The number of amides is 2. The van der Waals surface area contributed by atoms with Gasteiger partial charge in [0.2, 0.25) is 5.91 Å². The number of rotatable bonds is 3. The molecule has 0 bridgehead atoms. The maximum atomic E-state index is 13.4. The number of carbonyl (C=O) groups is 2. The van der Waals surface area contributed by atoms with Gasteiger partial charge in [-0.25, -0.2) is 9.96 Å². The van der Waals surface area contributed by atoms with E-state index in [1.165, 1.54) is 4.90 Å². The lowest BCUT2D eigenvalue weighted by molar-refractivity contribution is -0.126. The van der Waals surface area contributed by atoms with Gasteiger partial charge in [0.15, 0.2) is 6.10 Å². The van der Waals surface area contributed by atoms with Crippen LogP contribution in [0.1, 0.15) is 11.6 Å². The van der Waals surface area contributed by atoms with Gasteiger partial charge in [-0.15, -0.1) is 0 Å². The third kappa shape index (κ3) is 2.98. The van der Waals surface area contributed by atoms with Crippen LogP contribution in [0, 0.1) is 5.92 Å². The predicted octanol–water partition coefficient (Wildman–Crippen LogP) is 4.21. The second kappa shape index (κ2) is 7.27.